The SMILES string of the molecule is CC1CCCCC1N(C)CCNc1cccc(F)c1. The van der Waals surface area contributed by atoms with E-state index < -0.39 is 0 Å². The summed E-state index contributed by atoms with van der Waals surface area (Å²) in [6, 6.07) is 7.38. The van der Waals surface area contributed by atoms with Crippen LogP contribution in [-0.4, -0.2) is 31.1 Å². The summed E-state index contributed by atoms with van der Waals surface area (Å²) in [5.74, 6) is 0.618. The van der Waals surface area contributed by atoms with Crippen molar-refractivity contribution >= 4 is 5.69 Å². The zero-order chi connectivity index (χ0) is 13.7. The first-order valence-electron chi connectivity index (χ1n) is 7.36. The van der Waals surface area contributed by atoms with E-state index in [4.69, 9.17) is 0 Å². The van der Waals surface area contributed by atoms with E-state index in [1.807, 2.05) is 6.07 Å². The van der Waals surface area contributed by atoms with Crippen LogP contribution < -0.4 is 5.32 Å². The first-order valence-corrected chi connectivity index (χ1v) is 7.36. The van der Waals surface area contributed by atoms with Crippen molar-refractivity contribution in [2.75, 3.05) is 25.5 Å². The van der Waals surface area contributed by atoms with E-state index in [1.54, 1.807) is 12.1 Å². The minimum Gasteiger partial charge on any atom is -0.384 e. The number of hydrogen-bond donors (Lipinski definition) is 1. The Morgan fingerprint density at radius 3 is 2.84 bits per heavy atom. The number of nitrogens with one attached hydrogen (secondary N) is 1. The summed E-state index contributed by atoms with van der Waals surface area (Å²) >= 11 is 0. The molecule has 2 unspecified atom stereocenters. The largest absolute Gasteiger partial charge is 0.384 e. The van der Waals surface area contributed by atoms with Gasteiger partial charge in [0.1, 0.15) is 5.82 Å². The molecule has 1 aliphatic rings. The van der Waals surface area contributed by atoms with Gasteiger partial charge in [0, 0.05) is 24.8 Å². The van der Waals surface area contributed by atoms with Crippen LogP contribution in [0.15, 0.2) is 24.3 Å². The van der Waals surface area contributed by atoms with Gasteiger partial charge in [-0.15, -0.1) is 0 Å². The zero-order valence-corrected chi connectivity index (χ0v) is 12.0. The average Bonchev–Trinajstić information content (AvgIpc) is 2.39. The highest BCUT2D eigenvalue weighted by atomic mass is 19.1. The van der Waals surface area contributed by atoms with Crippen LogP contribution in [0.5, 0.6) is 0 Å². The lowest BCUT2D eigenvalue weighted by atomic mass is 9.85. The van der Waals surface area contributed by atoms with Crippen molar-refractivity contribution in [2.24, 2.45) is 5.92 Å². The van der Waals surface area contributed by atoms with Crippen LogP contribution in [-0.2, 0) is 0 Å². The Morgan fingerprint density at radius 1 is 1.32 bits per heavy atom. The first kappa shape index (κ1) is 14.3. The fourth-order valence-electron chi connectivity index (χ4n) is 3.09. The van der Waals surface area contributed by atoms with E-state index >= 15 is 0 Å². The van der Waals surface area contributed by atoms with Gasteiger partial charge in [0.15, 0.2) is 0 Å². The molecule has 1 aliphatic carbocycles. The maximum atomic E-state index is 13.0. The number of hydrogen-bond acceptors (Lipinski definition) is 2. The van der Waals surface area contributed by atoms with Crippen molar-refractivity contribution in [2.45, 2.75) is 38.6 Å². The molecule has 1 aromatic rings. The van der Waals surface area contributed by atoms with E-state index in [0.29, 0.717) is 6.04 Å². The minimum absolute atomic E-state index is 0.181. The normalized spacial score (nSPS) is 23.6. The molecule has 0 aliphatic heterocycles. The molecule has 0 spiro atoms. The Balaban J connectivity index is 1.75. The maximum Gasteiger partial charge on any atom is 0.125 e. The van der Waals surface area contributed by atoms with E-state index in [2.05, 4.69) is 24.2 Å². The molecule has 0 radical (unpaired) electrons. The smallest absolute Gasteiger partial charge is 0.125 e. The van der Waals surface area contributed by atoms with Crippen LogP contribution in [0.4, 0.5) is 10.1 Å². The standard InChI is InChI=1S/C16H25FN2/c1-13-6-3-4-9-16(13)19(2)11-10-18-15-8-5-7-14(17)12-15/h5,7-8,12-13,16,18H,3-4,6,9-11H2,1-2H3. The highest BCUT2D eigenvalue weighted by Gasteiger charge is 2.24. The molecule has 106 valence electrons. The molecular weight excluding hydrogens is 239 g/mol. The topological polar surface area (TPSA) is 15.3 Å². The summed E-state index contributed by atoms with van der Waals surface area (Å²) in [5, 5.41) is 3.29. The maximum absolute atomic E-state index is 13.0. The number of nitrogens with zero attached hydrogens (tertiary/aromatic N) is 1. The van der Waals surface area contributed by atoms with Gasteiger partial charge in [-0.05, 0) is 44.0 Å². The quantitative estimate of drug-likeness (QED) is 0.871. The second kappa shape index (κ2) is 6.90. The third-order valence-corrected chi connectivity index (χ3v) is 4.25. The summed E-state index contributed by atoms with van der Waals surface area (Å²) in [6.07, 6.45) is 5.41. The molecule has 0 aromatic heterocycles. The summed E-state index contributed by atoms with van der Waals surface area (Å²) in [4.78, 5) is 2.45. The van der Waals surface area contributed by atoms with Gasteiger partial charge in [-0.2, -0.15) is 0 Å². The summed E-state index contributed by atoms with van der Waals surface area (Å²) in [5.41, 5.74) is 0.866. The molecule has 2 atom stereocenters. The molecule has 0 bridgehead atoms. The lowest BCUT2D eigenvalue weighted by Gasteiger charge is -2.36. The van der Waals surface area contributed by atoms with Crippen molar-refractivity contribution in [3.63, 3.8) is 0 Å². The Labute approximate surface area is 116 Å². The predicted octanol–water partition coefficient (Wildman–Crippen LogP) is 3.75. The van der Waals surface area contributed by atoms with Gasteiger partial charge >= 0.3 is 0 Å². The number of anilines is 1. The monoisotopic (exact) mass is 264 g/mol. The summed E-state index contributed by atoms with van der Waals surface area (Å²) in [6.45, 7) is 4.23. The number of benzene rings is 1. The Hall–Kier alpha value is -1.09. The van der Waals surface area contributed by atoms with Gasteiger partial charge in [-0.1, -0.05) is 25.8 Å². The average molecular weight is 264 g/mol. The second-order valence-corrected chi connectivity index (χ2v) is 5.75. The van der Waals surface area contributed by atoms with Gasteiger partial charge in [-0.3, -0.25) is 0 Å². The van der Waals surface area contributed by atoms with Gasteiger partial charge in [0.05, 0.1) is 0 Å². The third kappa shape index (κ3) is 4.20. The van der Waals surface area contributed by atoms with E-state index in [0.717, 1.165) is 24.7 Å². The van der Waals surface area contributed by atoms with Crippen LogP contribution in [0.3, 0.4) is 0 Å². The molecule has 2 nitrogen and oxygen atoms in total. The minimum atomic E-state index is -0.181. The Bertz CT molecular complexity index is 394. The molecular formula is C16H25FN2. The number of rotatable bonds is 5. The molecule has 0 amide bonds. The van der Waals surface area contributed by atoms with Gasteiger partial charge in [0.2, 0.25) is 0 Å². The summed E-state index contributed by atoms with van der Waals surface area (Å²) in [7, 11) is 2.21. The Kier molecular flexibility index (Phi) is 5.20. The van der Waals surface area contributed by atoms with Crippen LogP contribution in [0.25, 0.3) is 0 Å². The van der Waals surface area contributed by atoms with Crippen molar-refractivity contribution < 1.29 is 4.39 Å². The van der Waals surface area contributed by atoms with Crippen LogP contribution >= 0.6 is 0 Å². The highest BCUT2D eigenvalue weighted by Crippen LogP contribution is 2.27. The molecule has 3 heteroatoms. The molecule has 0 saturated heterocycles. The molecule has 19 heavy (non-hydrogen) atoms. The van der Waals surface area contributed by atoms with E-state index in [1.165, 1.54) is 31.7 Å². The van der Waals surface area contributed by atoms with E-state index in [-0.39, 0.29) is 5.82 Å². The predicted molar refractivity (Wildman–Crippen MR) is 78.9 cm³/mol. The fraction of sp³-hybridized carbons (Fsp3) is 0.625. The van der Waals surface area contributed by atoms with Crippen molar-refractivity contribution in [3.05, 3.63) is 30.1 Å². The van der Waals surface area contributed by atoms with Crippen LogP contribution in [0, 0.1) is 11.7 Å². The van der Waals surface area contributed by atoms with Gasteiger partial charge in [0.25, 0.3) is 0 Å². The van der Waals surface area contributed by atoms with Crippen molar-refractivity contribution in [1.82, 2.24) is 4.90 Å². The Morgan fingerprint density at radius 2 is 2.11 bits per heavy atom. The molecule has 1 fully saturated rings. The van der Waals surface area contributed by atoms with Crippen LogP contribution in [0.1, 0.15) is 32.6 Å². The molecule has 1 N–H and O–H groups in total. The number of halogens is 1. The van der Waals surface area contributed by atoms with Crippen molar-refractivity contribution in [3.8, 4) is 0 Å². The summed E-state index contributed by atoms with van der Waals surface area (Å²) < 4.78 is 13.0. The second-order valence-electron chi connectivity index (χ2n) is 5.75. The van der Waals surface area contributed by atoms with Crippen molar-refractivity contribution in [1.29, 1.82) is 0 Å². The molecule has 1 saturated carbocycles. The lowest BCUT2D eigenvalue weighted by Crippen LogP contribution is -2.41. The van der Waals surface area contributed by atoms with Gasteiger partial charge in [-0.25, -0.2) is 4.39 Å². The zero-order valence-electron chi connectivity index (χ0n) is 12.0. The highest BCUT2D eigenvalue weighted by molar-refractivity contribution is 5.42. The first-order chi connectivity index (χ1) is 9.16. The third-order valence-electron chi connectivity index (χ3n) is 4.25. The van der Waals surface area contributed by atoms with Gasteiger partial charge < -0.3 is 10.2 Å². The van der Waals surface area contributed by atoms with Crippen LogP contribution in [0.2, 0.25) is 0 Å². The molecule has 0 heterocycles. The molecule has 2 rings (SSSR count). The number of likely N-dealkylation sites (N-methyl/N-ethyl adjacent to an activating group) is 1. The fourth-order valence-corrected chi connectivity index (χ4v) is 3.09. The van der Waals surface area contributed by atoms with E-state index in [9.17, 15) is 4.39 Å². The lowest BCUT2D eigenvalue weighted by molar-refractivity contribution is 0.144. The molecule has 1 aromatic carbocycles.